The topological polar surface area (TPSA) is 73.9 Å². The highest BCUT2D eigenvalue weighted by atomic mass is 16.5. The van der Waals surface area contributed by atoms with Crippen molar-refractivity contribution in [2.75, 3.05) is 12.8 Å². The minimum Gasteiger partial charge on any atom is -0.491 e. The van der Waals surface area contributed by atoms with Crippen molar-refractivity contribution in [2.24, 2.45) is 0 Å². The normalized spacial score (nSPS) is 10.1. The van der Waals surface area contributed by atoms with Gasteiger partial charge in [0.1, 0.15) is 12.0 Å². The third-order valence-corrected chi connectivity index (χ3v) is 2.31. The number of pyridine rings is 1. The Morgan fingerprint density at radius 2 is 2.12 bits per heavy atom. The van der Waals surface area contributed by atoms with Crippen molar-refractivity contribution in [3.05, 3.63) is 30.4 Å². The van der Waals surface area contributed by atoms with Crippen LogP contribution in [-0.2, 0) is 0 Å². The SMILES string of the molecule is COc1c(N)ncnc1-c1ccncc1C. The summed E-state index contributed by atoms with van der Waals surface area (Å²) in [5.74, 6) is 0.834. The van der Waals surface area contributed by atoms with Crippen LogP contribution in [0.25, 0.3) is 11.3 Å². The van der Waals surface area contributed by atoms with Crippen LogP contribution in [0.2, 0.25) is 0 Å². The molecule has 0 unspecified atom stereocenters. The first-order valence-electron chi connectivity index (χ1n) is 4.79. The summed E-state index contributed by atoms with van der Waals surface area (Å²) in [6, 6.07) is 1.87. The minimum atomic E-state index is 0.337. The quantitative estimate of drug-likeness (QED) is 0.822. The summed E-state index contributed by atoms with van der Waals surface area (Å²) >= 11 is 0. The summed E-state index contributed by atoms with van der Waals surface area (Å²) < 4.78 is 5.22. The number of hydrogen-bond donors (Lipinski definition) is 1. The van der Waals surface area contributed by atoms with Crippen LogP contribution >= 0.6 is 0 Å². The molecule has 0 radical (unpaired) electrons. The Morgan fingerprint density at radius 3 is 2.81 bits per heavy atom. The van der Waals surface area contributed by atoms with Gasteiger partial charge >= 0.3 is 0 Å². The second kappa shape index (κ2) is 4.14. The molecule has 0 amide bonds. The molecule has 0 bridgehead atoms. The Hall–Kier alpha value is -2.17. The summed E-state index contributed by atoms with van der Waals surface area (Å²) in [5.41, 5.74) is 8.38. The lowest BCUT2D eigenvalue weighted by molar-refractivity contribution is 0.415. The van der Waals surface area contributed by atoms with Crippen molar-refractivity contribution in [1.82, 2.24) is 15.0 Å². The van der Waals surface area contributed by atoms with Gasteiger partial charge in [-0.2, -0.15) is 0 Å². The first kappa shape index (κ1) is 10.4. The fourth-order valence-electron chi connectivity index (χ4n) is 1.52. The van der Waals surface area contributed by atoms with E-state index in [9.17, 15) is 0 Å². The van der Waals surface area contributed by atoms with E-state index in [1.807, 2.05) is 13.0 Å². The Morgan fingerprint density at radius 1 is 1.31 bits per heavy atom. The van der Waals surface area contributed by atoms with E-state index in [4.69, 9.17) is 10.5 Å². The smallest absolute Gasteiger partial charge is 0.187 e. The van der Waals surface area contributed by atoms with Gasteiger partial charge in [0.2, 0.25) is 0 Å². The van der Waals surface area contributed by atoms with Crippen molar-refractivity contribution in [1.29, 1.82) is 0 Å². The molecule has 82 valence electrons. The molecule has 16 heavy (non-hydrogen) atoms. The largest absolute Gasteiger partial charge is 0.491 e. The van der Waals surface area contributed by atoms with Crippen LogP contribution in [-0.4, -0.2) is 22.1 Å². The van der Waals surface area contributed by atoms with Gasteiger partial charge in [-0.05, 0) is 18.6 Å². The Bertz CT molecular complexity index is 513. The van der Waals surface area contributed by atoms with Crippen LogP contribution < -0.4 is 10.5 Å². The minimum absolute atomic E-state index is 0.337. The first-order valence-corrected chi connectivity index (χ1v) is 4.79. The number of rotatable bonds is 2. The number of ether oxygens (including phenoxy) is 1. The Balaban J connectivity index is 2.65. The number of nitrogens with two attached hydrogens (primary N) is 1. The van der Waals surface area contributed by atoms with Gasteiger partial charge in [-0.3, -0.25) is 4.98 Å². The van der Waals surface area contributed by atoms with Crippen molar-refractivity contribution in [2.45, 2.75) is 6.92 Å². The molecule has 0 atom stereocenters. The molecule has 0 aromatic carbocycles. The van der Waals surface area contributed by atoms with E-state index in [1.54, 1.807) is 19.5 Å². The van der Waals surface area contributed by atoms with E-state index in [2.05, 4.69) is 15.0 Å². The lowest BCUT2D eigenvalue weighted by Crippen LogP contribution is -2.00. The lowest BCUT2D eigenvalue weighted by Gasteiger charge is -2.10. The van der Waals surface area contributed by atoms with Gasteiger partial charge in [-0.15, -0.1) is 0 Å². The Labute approximate surface area is 93.3 Å². The maximum absolute atomic E-state index is 5.73. The van der Waals surface area contributed by atoms with Crippen molar-refractivity contribution in [3.8, 4) is 17.0 Å². The maximum Gasteiger partial charge on any atom is 0.187 e. The zero-order valence-corrected chi connectivity index (χ0v) is 9.14. The highest BCUT2D eigenvalue weighted by Crippen LogP contribution is 2.32. The fourth-order valence-corrected chi connectivity index (χ4v) is 1.52. The molecular formula is C11H12N4O. The summed E-state index contributed by atoms with van der Waals surface area (Å²) in [6.45, 7) is 1.96. The molecule has 5 heteroatoms. The van der Waals surface area contributed by atoms with Gasteiger partial charge in [0.25, 0.3) is 0 Å². The predicted molar refractivity (Wildman–Crippen MR) is 61.0 cm³/mol. The van der Waals surface area contributed by atoms with Crippen LogP contribution in [0.4, 0.5) is 5.82 Å². The molecule has 2 aromatic heterocycles. The standard InChI is InChI=1S/C11H12N4O/c1-7-5-13-4-3-8(7)9-10(16-2)11(12)15-6-14-9/h3-6H,1-2H3,(H2,12,14,15). The number of methoxy groups -OCH3 is 1. The van der Waals surface area contributed by atoms with E-state index in [-0.39, 0.29) is 0 Å². The summed E-state index contributed by atoms with van der Waals surface area (Å²) in [4.78, 5) is 12.1. The number of nitrogens with zero attached hydrogens (tertiary/aromatic N) is 3. The second-order valence-electron chi connectivity index (χ2n) is 3.33. The van der Waals surface area contributed by atoms with E-state index < -0.39 is 0 Å². The van der Waals surface area contributed by atoms with Crippen LogP contribution in [0.5, 0.6) is 5.75 Å². The van der Waals surface area contributed by atoms with E-state index >= 15 is 0 Å². The number of hydrogen-bond acceptors (Lipinski definition) is 5. The molecule has 0 saturated heterocycles. The number of aryl methyl sites for hydroxylation is 1. The molecule has 5 nitrogen and oxygen atoms in total. The fraction of sp³-hybridized carbons (Fsp3) is 0.182. The molecule has 0 fully saturated rings. The molecule has 0 aliphatic carbocycles. The monoisotopic (exact) mass is 216 g/mol. The number of nitrogen functional groups attached to an aromatic ring is 1. The van der Waals surface area contributed by atoms with Gasteiger partial charge in [-0.1, -0.05) is 0 Å². The van der Waals surface area contributed by atoms with Gasteiger partial charge in [-0.25, -0.2) is 9.97 Å². The molecule has 2 heterocycles. The average molecular weight is 216 g/mol. The predicted octanol–water partition coefficient (Wildman–Crippen LogP) is 1.44. The van der Waals surface area contributed by atoms with E-state index in [1.165, 1.54) is 6.33 Å². The zero-order valence-electron chi connectivity index (χ0n) is 9.14. The van der Waals surface area contributed by atoms with Gasteiger partial charge in [0, 0.05) is 18.0 Å². The summed E-state index contributed by atoms with van der Waals surface area (Å²) in [5, 5.41) is 0. The molecule has 0 aliphatic rings. The first-order chi connectivity index (χ1) is 7.74. The van der Waals surface area contributed by atoms with E-state index in [0.717, 1.165) is 11.1 Å². The highest BCUT2D eigenvalue weighted by molar-refractivity contribution is 5.73. The van der Waals surface area contributed by atoms with Crippen molar-refractivity contribution >= 4 is 5.82 Å². The van der Waals surface area contributed by atoms with Crippen LogP contribution in [0, 0.1) is 6.92 Å². The van der Waals surface area contributed by atoms with Crippen LogP contribution in [0.15, 0.2) is 24.8 Å². The average Bonchev–Trinajstić information content (AvgIpc) is 2.29. The molecule has 2 rings (SSSR count). The van der Waals surface area contributed by atoms with Gasteiger partial charge in [0.05, 0.1) is 7.11 Å². The molecule has 0 saturated carbocycles. The molecule has 0 aliphatic heterocycles. The zero-order chi connectivity index (χ0) is 11.5. The van der Waals surface area contributed by atoms with E-state index in [0.29, 0.717) is 17.3 Å². The number of anilines is 1. The van der Waals surface area contributed by atoms with Crippen LogP contribution in [0.3, 0.4) is 0 Å². The third kappa shape index (κ3) is 1.67. The van der Waals surface area contributed by atoms with Crippen LogP contribution in [0.1, 0.15) is 5.56 Å². The lowest BCUT2D eigenvalue weighted by atomic mass is 10.1. The highest BCUT2D eigenvalue weighted by Gasteiger charge is 2.13. The molecule has 2 N–H and O–H groups in total. The Kier molecular flexibility index (Phi) is 2.68. The molecular weight excluding hydrogens is 204 g/mol. The van der Waals surface area contributed by atoms with Gasteiger partial charge < -0.3 is 10.5 Å². The second-order valence-corrected chi connectivity index (χ2v) is 3.33. The van der Waals surface area contributed by atoms with Crippen molar-refractivity contribution < 1.29 is 4.74 Å². The third-order valence-electron chi connectivity index (χ3n) is 2.31. The van der Waals surface area contributed by atoms with Crippen molar-refractivity contribution in [3.63, 3.8) is 0 Å². The molecule has 2 aromatic rings. The maximum atomic E-state index is 5.73. The summed E-state index contributed by atoms with van der Waals surface area (Å²) in [7, 11) is 1.55. The van der Waals surface area contributed by atoms with Gasteiger partial charge in [0.15, 0.2) is 11.6 Å². The number of aromatic nitrogens is 3. The summed E-state index contributed by atoms with van der Waals surface area (Å²) in [6.07, 6.45) is 4.90. The molecule has 0 spiro atoms.